The number of aryl methyl sites for hydroxylation is 1. The average molecular weight is 454 g/mol. The Morgan fingerprint density at radius 2 is 1.94 bits per heavy atom. The van der Waals surface area contributed by atoms with Gasteiger partial charge < -0.3 is 9.32 Å². The van der Waals surface area contributed by atoms with Gasteiger partial charge in [-0.25, -0.2) is 8.42 Å². The van der Waals surface area contributed by atoms with Crippen LogP contribution in [0.25, 0.3) is 11.0 Å². The molecule has 0 saturated carbocycles. The maximum atomic E-state index is 13.5. The van der Waals surface area contributed by atoms with E-state index >= 15 is 0 Å². The third-order valence-corrected chi connectivity index (χ3v) is 7.81. The van der Waals surface area contributed by atoms with Crippen LogP contribution in [0.2, 0.25) is 0 Å². The second kappa shape index (κ2) is 6.99. The van der Waals surface area contributed by atoms with Gasteiger partial charge in [-0.3, -0.25) is 19.7 Å². The van der Waals surface area contributed by atoms with E-state index in [4.69, 9.17) is 4.42 Å². The second-order valence-electron chi connectivity index (χ2n) is 8.20. The first-order chi connectivity index (χ1) is 15.2. The molecule has 0 N–H and O–H groups in total. The monoisotopic (exact) mass is 454 g/mol. The van der Waals surface area contributed by atoms with Gasteiger partial charge in [-0.1, -0.05) is 23.8 Å². The lowest BCUT2D eigenvalue weighted by Crippen LogP contribution is -2.40. The third-order valence-electron chi connectivity index (χ3n) is 6.06. The summed E-state index contributed by atoms with van der Waals surface area (Å²) in [6.07, 6.45) is 0.223. The van der Waals surface area contributed by atoms with Crippen molar-refractivity contribution in [1.82, 2.24) is 4.90 Å². The SMILES string of the molecule is Cc1ccc2oc3c(c(=O)c2c1)C(c1cccc([N+](=O)[O-])c1)N(C1CCS(=O)(=O)C1)C3=O. The number of sulfone groups is 1. The van der Waals surface area contributed by atoms with Crippen LogP contribution in [0.3, 0.4) is 0 Å². The summed E-state index contributed by atoms with van der Waals surface area (Å²) in [4.78, 5) is 39.1. The van der Waals surface area contributed by atoms with Crippen molar-refractivity contribution in [3.8, 4) is 0 Å². The van der Waals surface area contributed by atoms with Gasteiger partial charge in [0.2, 0.25) is 5.76 Å². The van der Waals surface area contributed by atoms with Crippen LogP contribution in [-0.4, -0.2) is 41.7 Å². The summed E-state index contributed by atoms with van der Waals surface area (Å²) >= 11 is 0. The van der Waals surface area contributed by atoms with Gasteiger partial charge in [0.25, 0.3) is 11.6 Å². The van der Waals surface area contributed by atoms with Crippen LogP contribution >= 0.6 is 0 Å². The molecule has 2 aliphatic heterocycles. The second-order valence-corrected chi connectivity index (χ2v) is 10.4. The Kier molecular flexibility index (Phi) is 4.45. The number of nitro groups is 1. The molecule has 1 aromatic heterocycles. The molecule has 0 bridgehead atoms. The molecule has 3 aromatic rings. The quantitative estimate of drug-likeness (QED) is 0.440. The minimum absolute atomic E-state index is 0.0675. The molecule has 1 amide bonds. The Hall–Kier alpha value is -3.53. The molecule has 9 nitrogen and oxygen atoms in total. The maximum Gasteiger partial charge on any atom is 0.291 e. The van der Waals surface area contributed by atoms with E-state index in [0.717, 1.165) is 5.56 Å². The Balaban J connectivity index is 1.78. The summed E-state index contributed by atoms with van der Waals surface area (Å²) in [5.74, 6) is -1.03. The molecule has 2 unspecified atom stereocenters. The predicted octanol–water partition coefficient (Wildman–Crippen LogP) is 2.74. The van der Waals surface area contributed by atoms with E-state index in [0.29, 0.717) is 10.9 Å². The fraction of sp³-hybridized carbons (Fsp3) is 0.273. The number of hydrogen-bond donors (Lipinski definition) is 0. The Labute approximate surface area is 182 Å². The van der Waals surface area contributed by atoms with Crippen LogP contribution in [0.1, 0.15) is 39.7 Å². The van der Waals surface area contributed by atoms with E-state index in [2.05, 4.69) is 0 Å². The van der Waals surface area contributed by atoms with Crippen molar-refractivity contribution in [2.75, 3.05) is 11.5 Å². The summed E-state index contributed by atoms with van der Waals surface area (Å²) in [5, 5.41) is 11.6. The van der Waals surface area contributed by atoms with Gasteiger partial charge >= 0.3 is 0 Å². The van der Waals surface area contributed by atoms with Crippen molar-refractivity contribution >= 4 is 32.4 Å². The van der Waals surface area contributed by atoms with E-state index in [-0.39, 0.29) is 40.5 Å². The molecule has 164 valence electrons. The lowest BCUT2D eigenvalue weighted by atomic mass is 9.97. The molecule has 2 aromatic carbocycles. The Bertz CT molecular complexity index is 1480. The lowest BCUT2D eigenvalue weighted by molar-refractivity contribution is -0.384. The Morgan fingerprint density at radius 3 is 2.62 bits per heavy atom. The molecular formula is C22H18N2O7S. The molecular weight excluding hydrogens is 436 g/mol. The summed E-state index contributed by atoms with van der Waals surface area (Å²) in [7, 11) is -3.34. The molecule has 32 heavy (non-hydrogen) atoms. The standard InChI is InChI=1S/C22H18N2O7S/c1-12-5-6-17-16(9-12)20(25)18-19(13-3-2-4-14(10-13)24(27)28)23(22(26)21(18)31-17)15-7-8-32(29,30)11-15/h2-6,9-10,15,19H,7-8,11H2,1H3. The lowest BCUT2D eigenvalue weighted by Gasteiger charge is -2.30. The van der Waals surface area contributed by atoms with Gasteiger partial charge in [0, 0.05) is 18.2 Å². The minimum Gasteiger partial charge on any atom is -0.450 e. The van der Waals surface area contributed by atoms with Crippen LogP contribution in [-0.2, 0) is 9.84 Å². The van der Waals surface area contributed by atoms with Gasteiger partial charge in [-0.05, 0) is 31.0 Å². The third kappa shape index (κ3) is 3.10. The van der Waals surface area contributed by atoms with E-state index in [1.54, 1.807) is 24.3 Å². The first-order valence-electron chi connectivity index (χ1n) is 10.0. The number of carbonyl (C=O) groups is 1. The Morgan fingerprint density at radius 1 is 1.16 bits per heavy atom. The van der Waals surface area contributed by atoms with Crippen molar-refractivity contribution in [2.45, 2.75) is 25.4 Å². The van der Waals surface area contributed by atoms with Crippen LogP contribution in [0.15, 0.2) is 51.7 Å². The molecule has 2 aliphatic rings. The average Bonchev–Trinajstić information content (AvgIpc) is 3.25. The highest BCUT2D eigenvalue weighted by molar-refractivity contribution is 7.91. The zero-order valence-corrected chi connectivity index (χ0v) is 17.8. The first kappa shape index (κ1) is 20.4. The number of amides is 1. The molecule has 2 atom stereocenters. The highest BCUT2D eigenvalue weighted by atomic mass is 32.2. The van der Waals surface area contributed by atoms with E-state index in [1.807, 2.05) is 6.92 Å². The molecule has 5 rings (SSSR count). The highest BCUT2D eigenvalue weighted by Gasteiger charge is 2.48. The van der Waals surface area contributed by atoms with E-state index < -0.39 is 38.2 Å². The van der Waals surface area contributed by atoms with Crippen molar-refractivity contribution in [1.29, 1.82) is 0 Å². The van der Waals surface area contributed by atoms with Crippen LogP contribution in [0.4, 0.5) is 5.69 Å². The van der Waals surface area contributed by atoms with Crippen LogP contribution in [0, 0.1) is 17.0 Å². The molecule has 0 spiro atoms. The molecule has 1 fully saturated rings. The highest BCUT2D eigenvalue weighted by Crippen LogP contribution is 2.42. The van der Waals surface area contributed by atoms with E-state index in [9.17, 15) is 28.1 Å². The normalized spacial score (nSPS) is 21.8. The largest absolute Gasteiger partial charge is 0.450 e. The number of rotatable bonds is 3. The van der Waals surface area contributed by atoms with Crippen molar-refractivity contribution in [3.05, 3.63) is 85.3 Å². The van der Waals surface area contributed by atoms with Crippen molar-refractivity contribution in [2.24, 2.45) is 0 Å². The van der Waals surface area contributed by atoms with Gasteiger partial charge in [-0.2, -0.15) is 0 Å². The number of benzene rings is 2. The number of carbonyl (C=O) groups excluding carboxylic acids is 1. The molecule has 0 aliphatic carbocycles. The number of non-ortho nitro benzene ring substituents is 1. The number of nitrogens with zero attached hydrogens (tertiary/aromatic N) is 2. The van der Waals surface area contributed by atoms with Gasteiger partial charge in [0.15, 0.2) is 15.3 Å². The fourth-order valence-corrected chi connectivity index (χ4v) is 6.32. The fourth-order valence-electron chi connectivity index (χ4n) is 4.61. The molecule has 1 saturated heterocycles. The van der Waals surface area contributed by atoms with Gasteiger partial charge in [0.05, 0.1) is 33.4 Å². The summed E-state index contributed by atoms with van der Waals surface area (Å²) < 4.78 is 30.1. The topological polar surface area (TPSA) is 128 Å². The van der Waals surface area contributed by atoms with Crippen LogP contribution < -0.4 is 5.43 Å². The number of hydrogen-bond acceptors (Lipinski definition) is 7. The smallest absolute Gasteiger partial charge is 0.291 e. The first-order valence-corrected chi connectivity index (χ1v) is 11.8. The minimum atomic E-state index is -3.34. The summed E-state index contributed by atoms with van der Waals surface area (Å²) in [5.41, 5.74) is 0.931. The van der Waals surface area contributed by atoms with Crippen molar-refractivity contribution < 1.29 is 22.6 Å². The maximum absolute atomic E-state index is 13.5. The number of nitro benzene ring substituents is 1. The molecule has 0 radical (unpaired) electrons. The molecule has 3 heterocycles. The molecule has 10 heteroatoms. The van der Waals surface area contributed by atoms with E-state index in [1.165, 1.54) is 23.1 Å². The van der Waals surface area contributed by atoms with Crippen LogP contribution in [0.5, 0.6) is 0 Å². The van der Waals surface area contributed by atoms with Gasteiger partial charge in [-0.15, -0.1) is 0 Å². The van der Waals surface area contributed by atoms with Gasteiger partial charge in [0.1, 0.15) is 5.58 Å². The summed E-state index contributed by atoms with van der Waals surface area (Å²) in [6, 6.07) is 9.10. The number of fused-ring (bicyclic) bond motifs is 2. The summed E-state index contributed by atoms with van der Waals surface area (Å²) in [6.45, 7) is 1.82. The van der Waals surface area contributed by atoms with Crippen molar-refractivity contribution in [3.63, 3.8) is 0 Å². The zero-order chi connectivity index (χ0) is 22.8. The predicted molar refractivity (Wildman–Crippen MR) is 115 cm³/mol. The zero-order valence-electron chi connectivity index (χ0n) is 17.0.